The number of likely N-dealkylation sites (tertiary alicyclic amines) is 1. The summed E-state index contributed by atoms with van der Waals surface area (Å²) in [5, 5.41) is 8.03. The Morgan fingerprint density at radius 2 is 1.91 bits per heavy atom. The highest BCUT2D eigenvalue weighted by atomic mass is 35.5. The average molecular weight is 631 g/mol. The van der Waals surface area contributed by atoms with Crippen molar-refractivity contribution in [3.8, 4) is 0 Å². The number of nitrogens with one attached hydrogen (secondary N) is 1. The highest BCUT2D eigenvalue weighted by Gasteiger charge is 2.36. The predicted octanol–water partition coefficient (Wildman–Crippen LogP) is 5.24. The minimum atomic E-state index is -0.630. The van der Waals surface area contributed by atoms with Crippen LogP contribution in [-0.4, -0.2) is 76.4 Å². The Morgan fingerprint density at radius 3 is 2.63 bits per heavy atom. The standard InChI is InChI=1S/C31H36ClFN4O5S/c1-36-27-7-5-4-6-23(27)29(35-36)30(39)34-26-15-25(33)19(12-24(26)32)13-28(38)37-16-22(43-3)14-20(37)17-42-21-10-8-18(9-11-21)31(40)41-2/h4-7,12,15,18,20-22H,8-11,13-14,16-17H2,1-3H3,(H,34,39)/t18?,20-,21?,22-/m0/s1. The quantitative estimate of drug-likeness (QED) is 0.323. The molecule has 0 spiro atoms. The van der Waals surface area contributed by atoms with E-state index in [4.69, 9.17) is 21.1 Å². The summed E-state index contributed by atoms with van der Waals surface area (Å²) in [6.07, 6.45) is 5.69. The van der Waals surface area contributed by atoms with Crippen LogP contribution in [0.5, 0.6) is 0 Å². The van der Waals surface area contributed by atoms with Gasteiger partial charge in [0, 0.05) is 24.2 Å². The van der Waals surface area contributed by atoms with Gasteiger partial charge in [-0.3, -0.25) is 19.1 Å². The molecule has 12 heteroatoms. The first kappa shape index (κ1) is 31.3. The van der Waals surface area contributed by atoms with Crippen molar-refractivity contribution in [1.82, 2.24) is 14.7 Å². The van der Waals surface area contributed by atoms with Crippen molar-refractivity contribution in [1.29, 1.82) is 0 Å². The number of anilines is 1. The number of hydrogen-bond acceptors (Lipinski definition) is 7. The monoisotopic (exact) mass is 630 g/mol. The molecule has 0 bridgehead atoms. The number of nitrogens with zero attached hydrogens (tertiary/aromatic N) is 3. The normalized spacial score (nSPS) is 22.1. The number of benzene rings is 2. The lowest BCUT2D eigenvalue weighted by atomic mass is 9.87. The number of para-hydroxylation sites is 1. The SMILES string of the molecule is COC(=O)C1CCC(OC[C@@H]2C[C@H](SC)CN2C(=O)Cc2cc(Cl)c(NC(=O)c3nn(C)c4ccccc34)cc2F)CC1. The van der Waals surface area contributed by atoms with Gasteiger partial charge in [-0.1, -0.05) is 29.8 Å². The second-order valence-corrected chi connectivity index (χ2v) is 12.7. The van der Waals surface area contributed by atoms with Gasteiger partial charge in [-0.05, 0) is 62.1 Å². The van der Waals surface area contributed by atoms with Gasteiger partial charge >= 0.3 is 5.97 Å². The molecule has 1 saturated heterocycles. The van der Waals surface area contributed by atoms with Crippen molar-refractivity contribution in [2.45, 2.75) is 55.9 Å². The maximum Gasteiger partial charge on any atom is 0.308 e. The van der Waals surface area contributed by atoms with Gasteiger partial charge in [0.2, 0.25) is 5.91 Å². The molecule has 9 nitrogen and oxygen atoms in total. The van der Waals surface area contributed by atoms with E-state index in [2.05, 4.69) is 10.4 Å². The minimum absolute atomic E-state index is 0.0364. The van der Waals surface area contributed by atoms with Gasteiger partial charge in [-0.15, -0.1) is 0 Å². The summed E-state index contributed by atoms with van der Waals surface area (Å²) < 4.78 is 28.0. The number of ether oxygens (including phenoxy) is 2. The Bertz CT molecular complexity index is 1510. The summed E-state index contributed by atoms with van der Waals surface area (Å²) in [5.74, 6) is -1.59. The zero-order valence-corrected chi connectivity index (χ0v) is 26.0. The van der Waals surface area contributed by atoms with Crippen molar-refractivity contribution in [3.63, 3.8) is 0 Å². The number of fused-ring (bicyclic) bond motifs is 1. The summed E-state index contributed by atoms with van der Waals surface area (Å²) in [4.78, 5) is 40.1. The molecule has 0 unspecified atom stereocenters. The Hall–Kier alpha value is -3.15. The molecular formula is C31H36ClFN4O5S. The summed E-state index contributed by atoms with van der Waals surface area (Å²) in [6, 6.07) is 9.75. The third-order valence-electron chi connectivity index (χ3n) is 8.46. The number of amides is 2. The molecule has 1 aliphatic carbocycles. The molecule has 43 heavy (non-hydrogen) atoms. The molecule has 2 heterocycles. The third-order valence-corrected chi connectivity index (χ3v) is 9.78. The zero-order valence-electron chi connectivity index (χ0n) is 24.5. The highest BCUT2D eigenvalue weighted by Crippen LogP contribution is 2.32. The Labute approximate surface area is 259 Å². The zero-order chi connectivity index (χ0) is 30.7. The van der Waals surface area contributed by atoms with E-state index in [1.807, 2.05) is 24.5 Å². The molecular weight excluding hydrogens is 595 g/mol. The molecule has 2 fully saturated rings. The van der Waals surface area contributed by atoms with E-state index < -0.39 is 11.7 Å². The lowest BCUT2D eigenvalue weighted by Gasteiger charge is -2.30. The summed E-state index contributed by atoms with van der Waals surface area (Å²) >= 11 is 8.17. The van der Waals surface area contributed by atoms with E-state index in [0.29, 0.717) is 18.5 Å². The molecule has 1 aromatic heterocycles. The molecule has 2 atom stereocenters. The Morgan fingerprint density at radius 1 is 1.16 bits per heavy atom. The van der Waals surface area contributed by atoms with Crippen molar-refractivity contribution in [2.24, 2.45) is 13.0 Å². The second kappa shape index (κ2) is 13.7. The molecule has 1 saturated carbocycles. The average Bonchev–Trinajstić information content (AvgIpc) is 3.59. The Kier molecular flexibility index (Phi) is 9.93. The van der Waals surface area contributed by atoms with E-state index >= 15 is 4.39 Å². The molecule has 1 aliphatic heterocycles. The molecule has 2 aliphatic rings. The van der Waals surface area contributed by atoms with Crippen LogP contribution in [0.2, 0.25) is 5.02 Å². The van der Waals surface area contributed by atoms with Crippen LogP contribution in [-0.2, 0) is 32.5 Å². The number of thioether (sulfide) groups is 1. The van der Waals surface area contributed by atoms with Gasteiger partial charge in [0.25, 0.3) is 5.91 Å². The first-order valence-corrected chi connectivity index (χ1v) is 16.1. The van der Waals surface area contributed by atoms with Crippen LogP contribution in [0.15, 0.2) is 36.4 Å². The number of carbonyl (C=O) groups excluding carboxylic acids is 3. The topological polar surface area (TPSA) is 103 Å². The first-order chi connectivity index (χ1) is 20.7. The first-order valence-electron chi connectivity index (χ1n) is 14.4. The van der Waals surface area contributed by atoms with Crippen LogP contribution in [0, 0.1) is 11.7 Å². The van der Waals surface area contributed by atoms with Crippen LogP contribution in [0.1, 0.15) is 48.2 Å². The van der Waals surface area contributed by atoms with Crippen LogP contribution in [0.3, 0.4) is 0 Å². The number of aryl methyl sites for hydroxylation is 1. The van der Waals surface area contributed by atoms with Crippen molar-refractivity contribution < 1.29 is 28.2 Å². The maximum atomic E-state index is 15.3. The van der Waals surface area contributed by atoms with Gasteiger partial charge in [0.05, 0.1) is 54.4 Å². The number of hydrogen-bond donors (Lipinski definition) is 1. The number of aromatic nitrogens is 2. The molecule has 5 rings (SSSR count). The van der Waals surface area contributed by atoms with E-state index in [1.165, 1.54) is 13.2 Å². The van der Waals surface area contributed by atoms with Gasteiger partial charge < -0.3 is 19.7 Å². The molecule has 1 N–H and O–H groups in total. The largest absolute Gasteiger partial charge is 0.469 e. The highest BCUT2D eigenvalue weighted by molar-refractivity contribution is 7.99. The van der Waals surface area contributed by atoms with Crippen LogP contribution in [0.4, 0.5) is 10.1 Å². The smallest absolute Gasteiger partial charge is 0.308 e. The summed E-state index contributed by atoms with van der Waals surface area (Å²) in [6.45, 7) is 0.956. The van der Waals surface area contributed by atoms with Crippen LogP contribution in [0.25, 0.3) is 10.9 Å². The molecule has 230 valence electrons. The van der Waals surface area contributed by atoms with Gasteiger partial charge in [0.15, 0.2) is 5.69 Å². The number of esters is 1. The van der Waals surface area contributed by atoms with Crippen molar-refractivity contribution in [2.75, 3.05) is 31.8 Å². The van der Waals surface area contributed by atoms with E-state index in [0.717, 1.165) is 43.7 Å². The van der Waals surface area contributed by atoms with Crippen molar-refractivity contribution >= 4 is 57.7 Å². The lowest BCUT2D eigenvalue weighted by molar-refractivity contribution is -0.148. The van der Waals surface area contributed by atoms with Gasteiger partial charge in [-0.25, -0.2) is 4.39 Å². The van der Waals surface area contributed by atoms with Crippen molar-refractivity contribution in [3.05, 3.63) is 58.5 Å². The molecule has 2 amide bonds. The fourth-order valence-electron chi connectivity index (χ4n) is 6.03. The van der Waals surface area contributed by atoms with E-state index in [9.17, 15) is 14.4 Å². The van der Waals surface area contributed by atoms with Gasteiger partial charge in [-0.2, -0.15) is 16.9 Å². The number of rotatable bonds is 9. The predicted molar refractivity (Wildman–Crippen MR) is 165 cm³/mol. The Balaban J connectivity index is 1.22. The fraction of sp³-hybridized carbons (Fsp3) is 0.484. The third kappa shape index (κ3) is 6.99. The van der Waals surface area contributed by atoms with Crippen LogP contribution < -0.4 is 5.32 Å². The fourth-order valence-corrected chi connectivity index (χ4v) is 6.99. The maximum absolute atomic E-state index is 15.3. The number of methoxy groups -OCH3 is 1. The molecule has 0 radical (unpaired) electrons. The number of halogens is 2. The van der Waals surface area contributed by atoms with Gasteiger partial charge in [0.1, 0.15) is 5.82 Å². The molecule has 3 aromatic rings. The van der Waals surface area contributed by atoms with E-state index in [-0.39, 0.29) is 63.6 Å². The summed E-state index contributed by atoms with van der Waals surface area (Å²) in [5.41, 5.74) is 1.26. The van der Waals surface area contributed by atoms with E-state index in [1.54, 1.807) is 34.5 Å². The van der Waals surface area contributed by atoms with Crippen LogP contribution >= 0.6 is 23.4 Å². The number of carbonyl (C=O) groups is 3. The summed E-state index contributed by atoms with van der Waals surface area (Å²) in [7, 11) is 3.16. The minimum Gasteiger partial charge on any atom is -0.469 e. The molecule has 2 aromatic carbocycles. The second-order valence-electron chi connectivity index (χ2n) is 11.2. The lowest BCUT2D eigenvalue weighted by Crippen LogP contribution is -2.40.